The van der Waals surface area contributed by atoms with E-state index in [2.05, 4.69) is 20.1 Å². The average molecular weight is 381 g/mol. The number of rotatable bonds is 5. The Morgan fingerprint density at radius 1 is 1.14 bits per heavy atom. The first-order chi connectivity index (χ1) is 13.7. The minimum Gasteiger partial charge on any atom is -0.357 e. The van der Waals surface area contributed by atoms with Gasteiger partial charge in [0.15, 0.2) is 0 Å². The van der Waals surface area contributed by atoms with E-state index in [0.717, 1.165) is 35.9 Å². The summed E-state index contributed by atoms with van der Waals surface area (Å²) in [5, 5.41) is 8.55. The number of alkyl halides is 1. The van der Waals surface area contributed by atoms with Gasteiger partial charge in [-0.1, -0.05) is 0 Å². The molecule has 0 aromatic carbocycles. The highest BCUT2D eigenvalue weighted by Crippen LogP contribution is 2.28. The highest BCUT2D eigenvalue weighted by Gasteiger charge is 2.31. The first-order valence-electron chi connectivity index (χ1n) is 9.43. The third-order valence-corrected chi connectivity index (χ3v) is 5.23. The molecule has 28 heavy (non-hydrogen) atoms. The Morgan fingerprint density at radius 2 is 2.00 bits per heavy atom. The van der Waals surface area contributed by atoms with Crippen LogP contribution in [0.2, 0.25) is 0 Å². The third-order valence-electron chi connectivity index (χ3n) is 5.23. The van der Waals surface area contributed by atoms with Crippen molar-refractivity contribution < 1.29 is 9.18 Å². The molecule has 3 aromatic rings. The van der Waals surface area contributed by atoms with Gasteiger partial charge in [0.05, 0.1) is 36.4 Å². The predicted molar refractivity (Wildman–Crippen MR) is 102 cm³/mol. The van der Waals surface area contributed by atoms with E-state index in [9.17, 15) is 9.18 Å². The second kappa shape index (κ2) is 6.74. The highest BCUT2D eigenvalue weighted by molar-refractivity contribution is 5.96. The van der Waals surface area contributed by atoms with Crippen molar-refractivity contribution in [1.29, 1.82) is 0 Å². The number of carbonyl (C=O) groups is 1. The predicted octanol–water partition coefficient (Wildman–Crippen LogP) is 2.70. The van der Waals surface area contributed by atoms with Crippen LogP contribution in [0.5, 0.6) is 0 Å². The number of aryl methyl sites for hydroxylation is 1. The molecule has 1 amide bonds. The molecule has 1 fully saturated rings. The van der Waals surface area contributed by atoms with Crippen molar-refractivity contribution in [3.63, 3.8) is 0 Å². The maximum Gasteiger partial charge on any atom is 0.349 e. The van der Waals surface area contributed by atoms with Crippen molar-refractivity contribution in [2.75, 3.05) is 29.6 Å². The van der Waals surface area contributed by atoms with Crippen LogP contribution in [0.1, 0.15) is 18.5 Å². The fourth-order valence-corrected chi connectivity index (χ4v) is 3.76. The molecule has 0 bridgehead atoms. The molecule has 0 atom stereocenters. The minimum atomic E-state index is -0.495. The molecule has 2 aliphatic heterocycles. The number of carbonyl (C=O) groups excluding carboxylic acids is 1. The molecule has 0 radical (unpaired) electrons. The van der Waals surface area contributed by atoms with Gasteiger partial charge in [-0.2, -0.15) is 14.9 Å². The molecular formula is C19H20FN7O. The number of halogens is 1. The lowest BCUT2D eigenvalue weighted by atomic mass is 10.2. The molecule has 0 spiro atoms. The van der Waals surface area contributed by atoms with Crippen LogP contribution in [0.3, 0.4) is 0 Å². The third kappa shape index (κ3) is 2.83. The summed E-state index contributed by atoms with van der Waals surface area (Å²) in [5.74, 6) is 0.987. The van der Waals surface area contributed by atoms with Gasteiger partial charge in [0.2, 0.25) is 0 Å². The molecule has 144 valence electrons. The zero-order valence-electron chi connectivity index (χ0n) is 15.3. The highest BCUT2D eigenvalue weighted by atomic mass is 19.1. The average Bonchev–Trinajstić information content (AvgIpc) is 3.48. The first kappa shape index (κ1) is 16.9. The Labute approximate surface area is 161 Å². The normalized spacial score (nSPS) is 16.2. The second-order valence-electron chi connectivity index (χ2n) is 7.05. The van der Waals surface area contributed by atoms with Crippen LogP contribution in [-0.2, 0) is 13.1 Å². The lowest BCUT2D eigenvalue weighted by Crippen LogP contribution is -2.26. The summed E-state index contributed by atoms with van der Waals surface area (Å²) >= 11 is 0. The van der Waals surface area contributed by atoms with E-state index in [1.54, 1.807) is 17.3 Å². The van der Waals surface area contributed by atoms with E-state index in [1.807, 2.05) is 24.4 Å². The largest absolute Gasteiger partial charge is 0.357 e. The number of nitrogens with zero attached hydrogens (tertiary/aromatic N) is 7. The van der Waals surface area contributed by atoms with E-state index >= 15 is 0 Å². The molecule has 0 N–H and O–H groups in total. The quantitative estimate of drug-likeness (QED) is 0.680. The van der Waals surface area contributed by atoms with Crippen LogP contribution in [0.15, 0.2) is 36.8 Å². The molecule has 0 unspecified atom stereocenters. The summed E-state index contributed by atoms with van der Waals surface area (Å²) < 4.78 is 15.4. The Bertz CT molecular complexity index is 1000. The molecule has 9 heteroatoms. The van der Waals surface area contributed by atoms with E-state index in [-0.39, 0.29) is 12.6 Å². The molecule has 0 aliphatic carbocycles. The smallest absolute Gasteiger partial charge is 0.349 e. The van der Waals surface area contributed by atoms with Crippen LogP contribution in [0.4, 0.5) is 20.7 Å². The van der Waals surface area contributed by atoms with Crippen LogP contribution < -0.4 is 9.80 Å². The van der Waals surface area contributed by atoms with Gasteiger partial charge >= 0.3 is 6.03 Å². The molecule has 5 heterocycles. The minimum absolute atomic E-state index is 0.178. The maximum atomic E-state index is 12.7. The number of anilines is 2. The molecule has 2 aliphatic rings. The van der Waals surface area contributed by atoms with Gasteiger partial charge in [-0.3, -0.25) is 9.58 Å². The molecule has 8 nitrogen and oxygen atoms in total. The molecule has 1 saturated heterocycles. The first-order valence-corrected chi connectivity index (χ1v) is 9.43. The SMILES string of the molecule is O=C1N(c2cnn(CCF)c2)Cc2cc(-c3ccc(N4CCCC4)nc3)nn21. The van der Waals surface area contributed by atoms with Crippen molar-refractivity contribution in [3.8, 4) is 11.3 Å². The van der Waals surface area contributed by atoms with Crippen molar-refractivity contribution in [3.05, 3.63) is 42.5 Å². The van der Waals surface area contributed by atoms with Gasteiger partial charge in [0.1, 0.15) is 12.5 Å². The summed E-state index contributed by atoms with van der Waals surface area (Å²) in [6.07, 6.45) is 7.48. The fraction of sp³-hybridized carbons (Fsp3) is 0.368. The summed E-state index contributed by atoms with van der Waals surface area (Å²) in [6.45, 7) is 2.20. The zero-order chi connectivity index (χ0) is 19.1. The monoisotopic (exact) mass is 381 g/mol. The van der Waals surface area contributed by atoms with Gasteiger partial charge in [-0.25, -0.2) is 14.2 Å². The molecule has 0 saturated carbocycles. The summed E-state index contributed by atoms with van der Waals surface area (Å²) in [5.41, 5.74) is 3.07. The van der Waals surface area contributed by atoms with Crippen LogP contribution >= 0.6 is 0 Å². The summed E-state index contributed by atoms with van der Waals surface area (Å²) in [7, 11) is 0. The van der Waals surface area contributed by atoms with Gasteiger partial charge in [-0.05, 0) is 31.0 Å². The number of amides is 1. The van der Waals surface area contributed by atoms with Gasteiger partial charge in [-0.15, -0.1) is 0 Å². The maximum absolute atomic E-state index is 12.7. The Hall–Kier alpha value is -3.23. The van der Waals surface area contributed by atoms with Crippen molar-refractivity contribution in [1.82, 2.24) is 24.5 Å². The van der Waals surface area contributed by atoms with E-state index in [1.165, 1.54) is 22.2 Å². The molecule has 3 aromatic heterocycles. The number of fused-ring (bicyclic) bond motifs is 1. The molecule has 5 rings (SSSR count). The molecular weight excluding hydrogens is 361 g/mol. The van der Waals surface area contributed by atoms with Crippen LogP contribution in [0, 0.1) is 0 Å². The van der Waals surface area contributed by atoms with Gasteiger partial charge in [0.25, 0.3) is 0 Å². The Balaban J connectivity index is 1.35. The Morgan fingerprint density at radius 3 is 2.71 bits per heavy atom. The summed E-state index contributed by atoms with van der Waals surface area (Å²) in [6, 6.07) is 5.69. The fourth-order valence-electron chi connectivity index (χ4n) is 3.76. The zero-order valence-corrected chi connectivity index (χ0v) is 15.3. The Kier molecular flexibility index (Phi) is 4.07. The lowest BCUT2D eigenvalue weighted by Gasteiger charge is -2.16. The van der Waals surface area contributed by atoms with Gasteiger partial charge in [0, 0.05) is 31.0 Å². The number of aromatic nitrogens is 5. The second-order valence-corrected chi connectivity index (χ2v) is 7.05. The topological polar surface area (TPSA) is 72.1 Å². The number of hydrogen-bond donors (Lipinski definition) is 0. The number of hydrogen-bond acceptors (Lipinski definition) is 5. The van der Waals surface area contributed by atoms with Crippen molar-refractivity contribution in [2.24, 2.45) is 0 Å². The lowest BCUT2D eigenvalue weighted by molar-refractivity contribution is 0.248. The number of pyridine rings is 1. The van der Waals surface area contributed by atoms with Gasteiger partial charge < -0.3 is 4.90 Å². The standard InChI is InChI=1S/C19H20FN7O/c20-5-8-25-12-16(11-22-25)26-13-15-9-17(23-27(15)19(26)28)14-3-4-18(21-10-14)24-6-1-2-7-24/h3-4,9-12H,1-2,5-8,13H2. The van der Waals surface area contributed by atoms with E-state index in [4.69, 9.17) is 0 Å². The van der Waals surface area contributed by atoms with Crippen molar-refractivity contribution in [2.45, 2.75) is 25.9 Å². The van der Waals surface area contributed by atoms with Crippen LogP contribution in [-0.4, -0.2) is 50.3 Å². The van der Waals surface area contributed by atoms with E-state index < -0.39 is 6.67 Å². The van der Waals surface area contributed by atoms with E-state index in [0.29, 0.717) is 12.2 Å². The van der Waals surface area contributed by atoms with Crippen LogP contribution in [0.25, 0.3) is 11.3 Å². The van der Waals surface area contributed by atoms with Crippen molar-refractivity contribution >= 4 is 17.5 Å². The summed E-state index contributed by atoms with van der Waals surface area (Å²) in [4.78, 5) is 21.2.